The highest BCUT2D eigenvalue weighted by molar-refractivity contribution is 6.48. The SMILES string of the molecule is O=C(CC1(C(=O)NCC(F)(F)F)CC1)c1ccc(/C=C/C(c2cc(Cl)c(Cl)c(Cl)c2)C(F)(F)F)cc1Cl. The van der Waals surface area contributed by atoms with Crippen LogP contribution in [-0.2, 0) is 4.79 Å². The lowest BCUT2D eigenvalue weighted by molar-refractivity contribution is -0.141. The van der Waals surface area contributed by atoms with E-state index in [0.29, 0.717) is 0 Å². The van der Waals surface area contributed by atoms with Crippen LogP contribution in [0.4, 0.5) is 26.3 Å². The lowest BCUT2D eigenvalue weighted by Gasteiger charge is -2.18. The average molecular weight is 607 g/mol. The zero-order valence-electron chi connectivity index (χ0n) is 18.5. The summed E-state index contributed by atoms with van der Waals surface area (Å²) >= 11 is 23.7. The maximum absolute atomic E-state index is 13.7. The normalized spacial score (nSPS) is 16.1. The number of ketones is 1. The van der Waals surface area contributed by atoms with E-state index in [0.717, 1.165) is 24.3 Å². The molecule has 200 valence electrons. The van der Waals surface area contributed by atoms with Crippen molar-refractivity contribution in [3.63, 3.8) is 0 Å². The minimum Gasteiger partial charge on any atom is -0.346 e. The number of alkyl halides is 6. The van der Waals surface area contributed by atoms with Gasteiger partial charge in [0.2, 0.25) is 5.91 Å². The number of amides is 1. The molecule has 3 rings (SSSR count). The molecule has 0 bridgehead atoms. The molecule has 2 aromatic carbocycles. The Labute approximate surface area is 227 Å². The standard InChI is InChI=1S/C24H17Cl4F6NO2/c25-16-7-12(2-4-15(24(32,33)34)13-8-17(26)20(28)18(27)9-13)1-3-14(16)19(36)10-22(5-6-22)21(37)35-11-23(29,30)31/h1-4,7-9,15H,5-6,10-11H2,(H,35,37)/b4-2+. The third-order valence-electron chi connectivity index (χ3n) is 5.78. The first kappa shape index (κ1) is 29.6. The van der Waals surface area contributed by atoms with Crippen molar-refractivity contribution in [2.45, 2.75) is 37.5 Å². The highest BCUT2D eigenvalue weighted by atomic mass is 35.5. The van der Waals surface area contributed by atoms with Crippen LogP contribution in [0.3, 0.4) is 0 Å². The molecule has 1 amide bonds. The molecule has 0 saturated heterocycles. The van der Waals surface area contributed by atoms with Gasteiger partial charge in [0.05, 0.1) is 31.4 Å². The predicted molar refractivity (Wildman–Crippen MR) is 130 cm³/mol. The number of hydrogen-bond donors (Lipinski definition) is 1. The largest absolute Gasteiger partial charge is 0.405 e. The van der Waals surface area contributed by atoms with Crippen LogP contribution >= 0.6 is 46.4 Å². The van der Waals surface area contributed by atoms with E-state index < -0.39 is 41.9 Å². The first-order chi connectivity index (χ1) is 17.0. The summed E-state index contributed by atoms with van der Waals surface area (Å²) in [5, 5.41) is 1.36. The van der Waals surface area contributed by atoms with Crippen molar-refractivity contribution in [2.75, 3.05) is 6.54 Å². The fourth-order valence-electron chi connectivity index (χ4n) is 3.64. The van der Waals surface area contributed by atoms with E-state index in [1.54, 1.807) is 5.32 Å². The Balaban J connectivity index is 1.76. The van der Waals surface area contributed by atoms with E-state index in [9.17, 15) is 35.9 Å². The van der Waals surface area contributed by atoms with Crippen molar-refractivity contribution in [3.8, 4) is 0 Å². The van der Waals surface area contributed by atoms with E-state index in [1.807, 2.05) is 0 Å². The van der Waals surface area contributed by atoms with Gasteiger partial charge in [-0.25, -0.2) is 0 Å². The summed E-state index contributed by atoms with van der Waals surface area (Å²) in [6.45, 7) is -1.50. The number of nitrogens with one attached hydrogen (secondary N) is 1. The summed E-state index contributed by atoms with van der Waals surface area (Å²) in [4.78, 5) is 24.9. The maximum Gasteiger partial charge on any atom is 0.405 e. The Hall–Kier alpha value is -1.94. The quantitative estimate of drug-likeness (QED) is 0.186. The van der Waals surface area contributed by atoms with Gasteiger partial charge in [-0.05, 0) is 48.2 Å². The lowest BCUT2D eigenvalue weighted by atomic mass is 9.93. The first-order valence-electron chi connectivity index (χ1n) is 10.6. The summed E-state index contributed by atoms with van der Waals surface area (Å²) < 4.78 is 78.4. The van der Waals surface area contributed by atoms with E-state index in [-0.39, 0.29) is 56.0 Å². The van der Waals surface area contributed by atoms with E-state index in [4.69, 9.17) is 46.4 Å². The van der Waals surface area contributed by atoms with Crippen LogP contribution in [0.25, 0.3) is 6.08 Å². The third kappa shape index (κ3) is 7.56. The predicted octanol–water partition coefficient (Wildman–Crippen LogP) is 8.69. The van der Waals surface area contributed by atoms with E-state index >= 15 is 0 Å². The summed E-state index contributed by atoms with van der Waals surface area (Å²) in [5.74, 6) is -3.52. The van der Waals surface area contributed by atoms with Gasteiger partial charge in [0.25, 0.3) is 0 Å². The number of rotatable bonds is 8. The average Bonchev–Trinajstić information content (AvgIpc) is 3.55. The molecule has 13 heteroatoms. The van der Waals surface area contributed by atoms with E-state index in [2.05, 4.69) is 0 Å². The molecule has 0 radical (unpaired) electrons. The summed E-state index contributed by atoms with van der Waals surface area (Å²) in [5.41, 5.74) is -1.23. The zero-order chi connectivity index (χ0) is 27.8. The van der Waals surface area contributed by atoms with Gasteiger partial charge in [-0.15, -0.1) is 0 Å². The summed E-state index contributed by atoms with van der Waals surface area (Å²) in [6, 6.07) is 6.03. The van der Waals surface area contributed by atoms with Crippen LogP contribution in [0.1, 0.15) is 46.7 Å². The van der Waals surface area contributed by atoms with Crippen molar-refractivity contribution in [2.24, 2.45) is 5.41 Å². The van der Waals surface area contributed by atoms with Gasteiger partial charge >= 0.3 is 12.4 Å². The number of Topliss-reactive ketones (excluding diaryl/α,β-unsaturated/α-hetero) is 1. The number of carbonyl (C=O) groups excluding carboxylic acids is 2. The molecule has 3 nitrogen and oxygen atoms in total. The molecule has 1 unspecified atom stereocenters. The smallest absolute Gasteiger partial charge is 0.346 e. The second-order valence-electron chi connectivity index (χ2n) is 8.59. The van der Waals surface area contributed by atoms with Gasteiger partial charge < -0.3 is 5.32 Å². The highest BCUT2D eigenvalue weighted by Crippen LogP contribution is 2.50. The fourth-order valence-corrected chi connectivity index (χ4v) is 4.55. The summed E-state index contributed by atoms with van der Waals surface area (Å²) in [6.07, 6.45) is -7.10. The van der Waals surface area contributed by atoms with Crippen molar-refractivity contribution >= 4 is 64.2 Å². The second kappa shape index (κ2) is 11.0. The second-order valence-corrected chi connectivity index (χ2v) is 10.2. The molecule has 0 spiro atoms. The zero-order valence-corrected chi connectivity index (χ0v) is 21.6. The molecular weight excluding hydrogens is 590 g/mol. The minimum absolute atomic E-state index is 0.00245. The van der Waals surface area contributed by atoms with Crippen LogP contribution in [-0.4, -0.2) is 30.6 Å². The molecule has 1 aliphatic rings. The Kier molecular flexibility index (Phi) is 8.84. The van der Waals surface area contributed by atoms with Gasteiger partial charge in [0.1, 0.15) is 6.54 Å². The summed E-state index contributed by atoms with van der Waals surface area (Å²) in [7, 11) is 0. The van der Waals surface area contributed by atoms with Gasteiger partial charge in [0, 0.05) is 12.0 Å². The Morgan fingerprint density at radius 3 is 2.03 bits per heavy atom. The topological polar surface area (TPSA) is 46.2 Å². The molecule has 1 aliphatic carbocycles. The number of hydrogen-bond acceptors (Lipinski definition) is 2. The van der Waals surface area contributed by atoms with Gasteiger partial charge in [-0.2, -0.15) is 26.3 Å². The monoisotopic (exact) mass is 605 g/mol. The van der Waals surface area contributed by atoms with Crippen LogP contribution < -0.4 is 5.32 Å². The lowest BCUT2D eigenvalue weighted by Crippen LogP contribution is -2.39. The van der Waals surface area contributed by atoms with Crippen molar-refractivity contribution in [1.82, 2.24) is 5.32 Å². The number of allylic oxidation sites excluding steroid dienone is 1. The van der Waals surface area contributed by atoms with Crippen molar-refractivity contribution < 1.29 is 35.9 Å². The maximum atomic E-state index is 13.7. The van der Waals surface area contributed by atoms with Crippen LogP contribution in [0.2, 0.25) is 20.1 Å². The molecule has 0 aliphatic heterocycles. The molecule has 0 aromatic heterocycles. The van der Waals surface area contributed by atoms with Gasteiger partial charge in [0.15, 0.2) is 5.78 Å². The molecule has 1 fully saturated rings. The Morgan fingerprint density at radius 2 is 1.54 bits per heavy atom. The van der Waals surface area contributed by atoms with E-state index in [1.165, 1.54) is 18.2 Å². The first-order valence-corrected chi connectivity index (χ1v) is 12.1. The molecule has 2 aromatic rings. The number of halogens is 10. The van der Waals surface area contributed by atoms with Crippen molar-refractivity contribution in [1.29, 1.82) is 0 Å². The van der Waals surface area contributed by atoms with Crippen molar-refractivity contribution in [3.05, 3.63) is 73.2 Å². The Morgan fingerprint density at radius 1 is 0.946 bits per heavy atom. The van der Waals surface area contributed by atoms with Crippen LogP contribution in [0, 0.1) is 5.41 Å². The number of benzene rings is 2. The molecule has 1 saturated carbocycles. The minimum atomic E-state index is -4.69. The molecule has 1 atom stereocenters. The van der Waals surface area contributed by atoms with Crippen LogP contribution in [0.15, 0.2) is 36.4 Å². The highest BCUT2D eigenvalue weighted by Gasteiger charge is 2.51. The number of carbonyl (C=O) groups is 2. The molecular formula is C24H17Cl4F6NO2. The van der Waals surface area contributed by atoms with Gasteiger partial charge in [-0.1, -0.05) is 64.6 Å². The molecule has 37 heavy (non-hydrogen) atoms. The molecule has 0 heterocycles. The third-order valence-corrected chi connectivity index (χ3v) is 7.29. The van der Waals surface area contributed by atoms with Crippen LogP contribution in [0.5, 0.6) is 0 Å². The van der Waals surface area contributed by atoms with Gasteiger partial charge in [-0.3, -0.25) is 9.59 Å². The molecule has 1 N–H and O–H groups in total. The fraction of sp³-hybridized carbons (Fsp3) is 0.333. The Bertz CT molecular complexity index is 1220.